The van der Waals surface area contributed by atoms with Gasteiger partial charge in [0, 0.05) is 19.8 Å². The minimum atomic E-state index is -0.722. The fraction of sp³-hybridized carbons (Fsp3) is 0.857. The Balaban J connectivity index is 2.72. The lowest BCUT2D eigenvalue weighted by molar-refractivity contribution is -0.132. The van der Waals surface area contributed by atoms with Crippen molar-refractivity contribution in [3.63, 3.8) is 0 Å². The van der Waals surface area contributed by atoms with Crippen LogP contribution in [0.4, 0.5) is 0 Å². The van der Waals surface area contributed by atoms with Crippen molar-refractivity contribution in [2.24, 2.45) is 22.5 Å². The second-order valence-corrected chi connectivity index (χ2v) is 6.82. The first-order valence-electron chi connectivity index (χ1n) is 6.88. The molecule has 1 amide bonds. The predicted molar refractivity (Wildman–Crippen MR) is 80.9 cm³/mol. The van der Waals surface area contributed by atoms with Gasteiger partial charge in [-0.15, -0.1) is 0 Å². The molecular formula is C14H26N2O2S. The number of carbonyl (C=O) groups excluding carboxylic acids is 1. The molecule has 1 saturated heterocycles. The van der Waals surface area contributed by atoms with Gasteiger partial charge in [-0.2, -0.15) is 0 Å². The average Bonchev–Trinajstić information content (AvgIpc) is 2.36. The van der Waals surface area contributed by atoms with Crippen molar-refractivity contribution in [2.75, 3.05) is 19.8 Å². The second-order valence-electron chi connectivity index (χ2n) is 6.38. The van der Waals surface area contributed by atoms with Crippen LogP contribution in [0.5, 0.6) is 0 Å². The third-order valence-electron chi connectivity index (χ3n) is 4.52. The highest BCUT2D eigenvalue weighted by molar-refractivity contribution is 7.80. The van der Waals surface area contributed by atoms with E-state index in [1.54, 1.807) is 0 Å². The van der Waals surface area contributed by atoms with Gasteiger partial charge in [-0.05, 0) is 24.2 Å². The summed E-state index contributed by atoms with van der Waals surface area (Å²) in [6.07, 6.45) is 1.16. The summed E-state index contributed by atoms with van der Waals surface area (Å²) in [5, 5.41) is 3.03. The van der Waals surface area contributed by atoms with E-state index in [1.165, 1.54) is 0 Å². The number of hydrogen-bond acceptors (Lipinski definition) is 3. The normalized spacial score (nSPS) is 19.2. The van der Waals surface area contributed by atoms with Crippen LogP contribution in [-0.2, 0) is 9.53 Å². The molecule has 0 aliphatic carbocycles. The van der Waals surface area contributed by atoms with E-state index in [1.807, 2.05) is 0 Å². The number of rotatable bonds is 5. The topological polar surface area (TPSA) is 64.4 Å². The highest BCUT2D eigenvalue weighted by Gasteiger charge is 2.43. The van der Waals surface area contributed by atoms with E-state index in [0.717, 1.165) is 0 Å². The van der Waals surface area contributed by atoms with Crippen molar-refractivity contribution in [3.8, 4) is 0 Å². The highest BCUT2D eigenvalue weighted by atomic mass is 32.1. The molecule has 1 aliphatic rings. The molecule has 1 fully saturated rings. The van der Waals surface area contributed by atoms with Gasteiger partial charge in [0.15, 0.2) is 0 Å². The summed E-state index contributed by atoms with van der Waals surface area (Å²) >= 11 is 5.12. The Hall–Kier alpha value is -0.680. The summed E-state index contributed by atoms with van der Waals surface area (Å²) in [6.45, 7) is 10.3. The molecule has 0 atom stereocenters. The maximum absolute atomic E-state index is 12.5. The van der Waals surface area contributed by atoms with Gasteiger partial charge in [0.25, 0.3) is 0 Å². The number of amides is 1. The molecule has 1 aliphatic heterocycles. The predicted octanol–water partition coefficient (Wildman–Crippen LogP) is 1.87. The first-order chi connectivity index (χ1) is 8.72. The first kappa shape index (κ1) is 16.4. The molecule has 0 aromatic carbocycles. The van der Waals surface area contributed by atoms with E-state index >= 15 is 0 Å². The largest absolute Gasteiger partial charge is 0.392 e. The van der Waals surface area contributed by atoms with Crippen LogP contribution >= 0.6 is 12.2 Å². The number of ether oxygens (including phenoxy) is 1. The monoisotopic (exact) mass is 286 g/mol. The number of nitrogens with two attached hydrogens (primary N) is 1. The molecule has 1 heterocycles. The zero-order chi connectivity index (χ0) is 14.7. The lowest BCUT2D eigenvalue weighted by Gasteiger charge is -2.36. The van der Waals surface area contributed by atoms with Gasteiger partial charge in [-0.1, -0.05) is 39.9 Å². The molecular weight excluding hydrogens is 260 g/mol. The summed E-state index contributed by atoms with van der Waals surface area (Å²) < 4.78 is 5.31. The van der Waals surface area contributed by atoms with Gasteiger partial charge in [0.2, 0.25) is 5.91 Å². The van der Waals surface area contributed by atoms with Crippen LogP contribution in [0.1, 0.15) is 40.5 Å². The molecule has 0 radical (unpaired) electrons. The smallest absolute Gasteiger partial charge is 0.233 e. The molecule has 4 nitrogen and oxygen atoms in total. The van der Waals surface area contributed by atoms with Crippen molar-refractivity contribution < 1.29 is 9.53 Å². The Kier molecular flexibility index (Phi) is 5.33. The minimum absolute atomic E-state index is 0.0444. The Morgan fingerprint density at radius 3 is 2.37 bits per heavy atom. The maximum Gasteiger partial charge on any atom is 0.233 e. The molecule has 0 unspecified atom stereocenters. The molecule has 0 spiro atoms. The third kappa shape index (κ3) is 3.66. The summed E-state index contributed by atoms with van der Waals surface area (Å²) in [5.41, 5.74) is 5.15. The van der Waals surface area contributed by atoms with E-state index in [9.17, 15) is 4.79 Å². The van der Waals surface area contributed by atoms with Crippen LogP contribution in [0.2, 0.25) is 0 Å². The standard InChI is InChI=1S/C14H26N2O2S/c1-10(2)13(3,4)9-16-12(17)14(11(15)19)5-7-18-8-6-14/h10H,5-9H2,1-4H3,(H2,15,19)(H,16,17). The zero-order valence-corrected chi connectivity index (χ0v) is 13.2. The molecule has 0 bridgehead atoms. The second kappa shape index (κ2) is 6.18. The van der Waals surface area contributed by atoms with Gasteiger partial charge in [-0.3, -0.25) is 4.79 Å². The van der Waals surface area contributed by atoms with Crippen molar-refractivity contribution >= 4 is 23.1 Å². The molecule has 3 N–H and O–H groups in total. The van der Waals surface area contributed by atoms with Crippen LogP contribution in [-0.4, -0.2) is 30.7 Å². The number of hydrogen-bond donors (Lipinski definition) is 2. The number of nitrogens with one attached hydrogen (secondary N) is 1. The lowest BCUT2D eigenvalue weighted by atomic mass is 9.77. The van der Waals surface area contributed by atoms with Crippen LogP contribution in [0.3, 0.4) is 0 Å². The molecule has 0 aromatic heterocycles. The van der Waals surface area contributed by atoms with Gasteiger partial charge in [-0.25, -0.2) is 0 Å². The molecule has 0 saturated carbocycles. The third-order valence-corrected chi connectivity index (χ3v) is 4.91. The molecule has 110 valence electrons. The first-order valence-corrected chi connectivity index (χ1v) is 7.29. The Morgan fingerprint density at radius 2 is 1.95 bits per heavy atom. The van der Waals surface area contributed by atoms with Crippen LogP contribution in [0.15, 0.2) is 0 Å². The molecule has 19 heavy (non-hydrogen) atoms. The van der Waals surface area contributed by atoms with Gasteiger partial charge < -0.3 is 15.8 Å². The summed E-state index contributed by atoms with van der Waals surface area (Å²) in [4.78, 5) is 12.8. The van der Waals surface area contributed by atoms with E-state index in [-0.39, 0.29) is 16.3 Å². The van der Waals surface area contributed by atoms with Crippen LogP contribution < -0.4 is 11.1 Å². The number of carbonyl (C=O) groups is 1. The van der Waals surface area contributed by atoms with Gasteiger partial charge >= 0.3 is 0 Å². The van der Waals surface area contributed by atoms with E-state index in [0.29, 0.717) is 38.5 Å². The average molecular weight is 286 g/mol. The molecule has 0 aromatic rings. The van der Waals surface area contributed by atoms with E-state index in [4.69, 9.17) is 22.7 Å². The Morgan fingerprint density at radius 1 is 1.42 bits per heavy atom. The lowest BCUT2D eigenvalue weighted by Crippen LogP contribution is -2.53. The maximum atomic E-state index is 12.5. The zero-order valence-electron chi connectivity index (χ0n) is 12.4. The van der Waals surface area contributed by atoms with Gasteiger partial charge in [0.05, 0.1) is 4.99 Å². The van der Waals surface area contributed by atoms with Gasteiger partial charge in [0.1, 0.15) is 5.41 Å². The van der Waals surface area contributed by atoms with Crippen LogP contribution in [0.25, 0.3) is 0 Å². The molecule has 1 rings (SSSR count). The Labute approximate surface area is 121 Å². The minimum Gasteiger partial charge on any atom is -0.392 e. The van der Waals surface area contributed by atoms with Crippen molar-refractivity contribution in [3.05, 3.63) is 0 Å². The molecule has 5 heteroatoms. The van der Waals surface area contributed by atoms with E-state index in [2.05, 4.69) is 33.0 Å². The van der Waals surface area contributed by atoms with E-state index < -0.39 is 5.41 Å². The SMILES string of the molecule is CC(C)C(C)(C)CNC(=O)C1(C(N)=S)CCOCC1. The summed E-state index contributed by atoms with van der Waals surface area (Å²) in [6, 6.07) is 0. The highest BCUT2D eigenvalue weighted by Crippen LogP contribution is 2.32. The summed E-state index contributed by atoms with van der Waals surface area (Å²) in [7, 11) is 0. The van der Waals surface area contributed by atoms with Crippen LogP contribution in [0, 0.1) is 16.7 Å². The quantitative estimate of drug-likeness (QED) is 0.757. The van der Waals surface area contributed by atoms with Crippen molar-refractivity contribution in [2.45, 2.75) is 40.5 Å². The fourth-order valence-corrected chi connectivity index (χ4v) is 2.28. The van der Waals surface area contributed by atoms with Crippen molar-refractivity contribution in [1.29, 1.82) is 0 Å². The fourth-order valence-electron chi connectivity index (χ4n) is 1.99. The summed E-state index contributed by atoms with van der Waals surface area (Å²) in [5.74, 6) is 0.445. The number of thiocarbonyl (C=S) groups is 1. The Bertz CT molecular complexity index is 347. The van der Waals surface area contributed by atoms with Crippen molar-refractivity contribution in [1.82, 2.24) is 5.32 Å².